The molecule has 5 nitrogen and oxygen atoms in total. The Morgan fingerprint density at radius 2 is 2.05 bits per heavy atom. The number of para-hydroxylation sites is 1. The van der Waals surface area contributed by atoms with Crippen molar-refractivity contribution in [1.29, 1.82) is 0 Å². The zero-order valence-corrected chi connectivity index (χ0v) is 12.5. The van der Waals surface area contributed by atoms with Crippen LogP contribution in [0.2, 0.25) is 0 Å². The summed E-state index contributed by atoms with van der Waals surface area (Å²) in [6.07, 6.45) is 1.48. The van der Waals surface area contributed by atoms with Crippen molar-refractivity contribution in [3.05, 3.63) is 52.9 Å². The number of fused-ring (bicyclic) bond motifs is 1. The Morgan fingerprint density at radius 1 is 1.24 bits per heavy atom. The first kappa shape index (κ1) is 14.0. The molecule has 0 aliphatic carbocycles. The van der Waals surface area contributed by atoms with E-state index in [1.807, 2.05) is 24.3 Å². The maximum atomic E-state index is 12.3. The van der Waals surface area contributed by atoms with Gasteiger partial charge in [0.15, 0.2) is 0 Å². The number of pyridine rings is 1. The zero-order valence-electron chi connectivity index (χ0n) is 10.9. The minimum absolute atomic E-state index is 0.100. The molecule has 3 aromatic rings. The van der Waals surface area contributed by atoms with E-state index in [4.69, 9.17) is 0 Å². The summed E-state index contributed by atoms with van der Waals surface area (Å²) in [4.78, 5) is 4.73. The second-order valence-electron chi connectivity index (χ2n) is 4.39. The lowest BCUT2D eigenvalue weighted by atomic mass is 10.2. The van der Waals surface area contributed by atoms with Crippen LogP contribution in [0.25, 0.3) is 10.9 Å². The molecule has 7 heteroatoms. The Hall–Kier alpha value is -1.96. The van der Waals surface area contributed by atoms with Crippen LogP contribution in [0.5, 0.6) is 0 Å². The highest BCUT2D eigenvalue weighted by Crippen LogP contribution is 2.25. The molecule has 0 unspecified atom stereocenters. The standard InChI is InChI=1S/C14H12N2O3S2/c17-9-13-14(5-6-20-13)21(18,19)16-11-7-10-3-1-2-4-12(10)15-8-11/h1-8,16-17H,9H2. The molecule has 2 N–H and O–H groups in total. The molecule has 0 saturated carbocycles. The van der Waals surface area contributed by atoms with E-state index in [1.54, 1.807) is 11.4 Å². The van der Waals surface area contributed by atoms with Crippen molar-refractivity contribution in [3.8, 4) is 0 Å². The van der Waals surface area contributed by atoms with Crippen LogP contribution in [0.3, 0.4) is 0 Å². The molecule has 21 heavy (non-hydrogen) atoms. The van der Waals surface area contributed by atoms with Crippen LogP contribution >= 0.6 is 11.3 Å². The molecular weight excluding hydrogens is 308 g/mol. The van der Waals surface area contributed by atoms with Gasteiger partial charge in [-0.25, -0.2) is 8.42 Å². The number of anilines is 1. The molecule has 0 aliphatic rings. The quantitative estimate of drug-likeness (QED) is 0.774. The van der Waals surface area contributed by atoms with Gasteiger partial charge in [-0.2, -0.15) is 0 Å². The molecule has 0 aliphatic heterocycles. The summed E-state index contributed by atoms with van der Waals surface area (Å²) in [6, 6.07) is 10.7. The predicted molar refractivity (Wildman–Crippen MR) is 82.8 cm³/mol. The summed E-state index contributed by atoms with van der Waals surface area (Å²) in [5.74, 6) is 0. The van der Waals surface area contributed by atoms with E-state index in [0.717, 1.165) is 10.9 Å². The van der Waals surface area contributed by atoms with E-state index < -0.39 is 10.0 Å². The fraction of sp³-hybridized carbons (Fsp3) is 0.0714. The van der Waals surface area contributed by atoms with Crippen molar-refractivity contribution < 1.29 is 13.5 Å². The van der Waals surface area contributed by atoms with Crippen molar-refractivity contribution >= 4 is 38.0 Å². The van der Waals surface area contributed by atoms with Crippen LogP contribution in [-0.4, -0.2) is 18.5 Å². The molecule has 0 fully saturated rings. The third-order valence-electron chi connectivity index (χ3n) is 2.98. The topological polar surface area (TPSA) is 79.3 Å². The Labute approximate surface area is 125 Å². The lowest BCUT2D eigenvalue weighted by Gasteiger charge is -2.08. The van der Waals surface area contributed by atoms with Crippen LogP contribution in [0.1, 0.15) is 4.88 Å². The van der Waals surface area contributed by atoms with Crippen molar-refractivity contribution in [2.45, 2.75) is 11.5 Å². The number of aliphatic hydroxyl groups is 1. The molecule has 2 heterocycles. The number of hydrogen-bond donors (Lipinski definition) is 2. The van der Waals surface area contributed by atoms with Gasteiger partial charge in [-0.05, 0) is 23.6 Å². The van der Waals surface area contributed by atoms with Crippen LogP contribution in [-0.2, 0) is 16.6 Å². The highest BCUT2D eigenvalue weighted by molar-refractivity contribution is 7.93. The molecule has 2 aromatic heterocycles. The van der Waals surface area contributed by atoms with E-state index in [0.29, 0.717) is 10.6 Å². The minimum atomic E-state index is -3.72. The van der Waals surface area contributed by atoms with E-state index >= 15 is 0 Å². The summed E-state index contributed by atoms with van der Waals surface area (Å²) >= 11 is 1.20. The first-order chi connectivity index (χ1) is 10.1. The average Bonchev–Trinajstić information content (AvgIpc) is 2.96. The van der Waals surface area contributed by atoms with Gasteiger partial charge in [-0.3, -0.25) is 9.71 Å². The first-order valence-electron chi connectivity index (χ1n) is 6.15. The molecule has 3 rings (SSSR count). The molecule has 0 radical (unpaired) electrons. The van der Waals surface area contributed by atoms with Crippen molar-refractivity contribution in [1.82, 2.24) is 4.98 Å². The molecule has 0 bridgehead atoms. The Morgan fingerprint density at radius 3 is 2.86 bits per heavy atom. The number of aromatic nitrogens is 1. The summed E-state index contributed by atoms with van der Waals surface area (Å²) in [5, 5.41) is 11.7. The summed E-state index contributed by atoms with van der Waals surface area (Å²) in [6.45, 7) is -0.302. The zero-order chi connectivity index (χ0) is 14.9. The maximum absolute atomic E-state index is 12.3. The fourth-order valence-corrected chi connectivity index (χ4v) is 4.35. The molecule has 0 atom stereocenters. The Bertz CT molecular complexity index is 888. The Balaban J connectivity index is 1.97. The van der Waals surface area contributed by atoms with Crippen LogP contribution in [0, 0.1) is 0 Å². The normalized spacial score (nSPS) is 11.7. The SMILES string of the molecule is O=S(=O)(Nc1cnc2ccccc2c1)c1ccsc1CO. The van der Waals surface area contributed by atoms with Gasteiger partial charge >= 0.3 is 0 Å². The van der Waals surface area contributed by atoms with Crippen LogP contribution in [0.4, 0.5) is 5.69 Å². The highest BCUT2D eigenvalue weighted by Gasteiger charge is 2.19. The van der Waals surface area contributed by atoms with Gasteiger partial charge in [0, 0.05) is 5.39 Å². The average molecular weight is 320 g/mol. The number of thiophene rings is 1. The van der Waals surface area contributed by atoms with Crippen molar-refractivity contribution in [2.75, 3.05) is 4.72 Å². The van der Waals surface area contributed by atoms with Crippen molar-refractivity contribution in [2.24, 2.45) is 0 Å². The molecular formula is C14H12N2O3S2. The van der Waals surface area contributed by atoms with Crippen molar-refractivity contribution in [3.63, 3.8) is 0 Å². The lowest BCUT2D eigenvalue weighted by molar-refractivity contribution is 0.282. The number of nitrogens with one attached hydrogen (secondary N) is 1. The fourth-order valence-electron chi connectivity index (χ4n) is 2.02. The lowest BCUT2D eigenvalue weighted by Crippen LogP contribution is -2.13. The largest absolute Gasteiger partial charge is 0.391 e. The number of rotatable bonds is 4. The molecule has 1 aromatic carbocycles. The van der Waals surface area contributed by atoms with E-state index in [2.05, 4.69) is 9.71 Å². The summed E-state index contributed by atoms with van der Waals surface area (Å²) in [7, 11) is -3.72. The van der Waals surface area contributed by atoms with Gasteiger partial charge in [0.2, 0.25) is 0 Å². The highest BCUT2D eigenvalue weighted by atomic mass is 32.2. The van der Waals surface area contributed by atoms with Gasteiger partial charge in [0.05, 0.1) is 28.9 Å². The van der Waals surface area contributed by atoms with E-state index in [-0.39, 0.29) is 11.5 Å². The number of nitrogens with zero attached hydrogens (tertiary/aromatic N) is 1. The van der Waals surface area contributed by atoms with Gasteiger partial charge in [0.25, 0.3) is 10.0 Å². The van der Waals surface area contributed by atoms with Gasteiger partial charge in [0.1, 0.15) is 4.90 Å². The van der Waals surface area contributed by atoms with Gasteiger partial charge < -0.3 is 5.11 Å². The van der Waals surface area contributed by atoms with Gasteiger partial charge in [-0.1, -0.05) is 18.2 Å². The number of aliphatic hydroxyl groups excluding tert-OH is 1. The molecule has 0 spiro atoms. The summed E-state index contributed by atoms with van der Waals surface area (Å²) in [5.41, 5.74) is 1.19. The van der Waals surface area contributed by atoms with Crippen LogP contribution < -0.4 is 4.72 Å². The Kier molecular flexibility index (Phi) is 3.62. The molecule has 0 amide bonds. The second-order valence-corrected chi connectivity index (χ2v) is 7.04. The third-order valence-corrected chi connectivity index (χ3v) is 5.48. The molecule has 108 valence electrons. The number of benzene rings is 1. The monoisotopic (exact) mass is 320 g/mol. The maximum Gasteiger partial charge on any atom is 0.263 e. The smallest absolute Gasteiger partial charge is 0.263 e. The third kappa shape index (κ3) is 2.76. The van der Waals surface area contributed by atoms with E-state index in [1.165, 1.54) is 23.6 Å². The number of hydrogen-bond acceptors (Lipinski definition) is 5. The van der Waals surface area contributed by atoms with Crippen LogP contribution in [0.15, 0.2) is 52.9 Å². The predicted octanol–water partition coefficient (Wildman–Crippen LogP) is 2.59. The minimum Gasteiger partial charge on any atom is -0.391 e. The summed E-state index contributed by atoms with van der Waals surface area (Å²) < 4.78 is 27.2. The first-order valence-corrected chi connectivity index (χ1v) is 8.51. The second kappa shape index (κ2) is 5.44. The number of sulfonamides is 1. The van der Waals surface area contributed by atoms with Gasteiger partial charge in [-0.15, -0.1) is 11.3 Å². The van der Waals surface area contributed by atoms with E-state index in [9.17, 15) is 13.5 Å². The molecule has 0 saturated heterocycles.